The van der Waals surface area contributed by atoms with Gasteiger partial charge in [0.25, 0.3) is 0 Å². The Morgan fingerprint density at radius 3 is 1.83 bits per heavy atom. The van der Waals surface area contributed by atoms with Crippen LogP contribution in [-0.4, -0.2) is 44.3 Å². The minimum atomic E-state index is -1.02. The number of carboxylic acids is 2. The molecular formula is C21H16N2O6. The lowest BCUT2D eigenvalue weighted by atomic mass is 10.1. The van der Waals surface area contributed by atoms with Crippen LogP contribution < -0.4 is 4.74 Å². The van der Waals surface area contributed by atoms with E-state index in [4.69, 9.17) is 14.9 Å². The van der Waals surface area contributed by atoms with E-state index in [0.29, 0.717) is 21.9 Å². The highest BCUT2D eigenvalue weighted by Crippen LogP contribution is 2.23. The molecule has 0 saturated carbocycles. The zero-order valence-electron chi connectivity index (χ0n) is 15.2. The van der Waals surface area contributed by atoms with E-state index >= 15 is 0 Å². The molecule has 4 aromatic rings. The third kappa shape index (κ3) is 4.22. The summed E-state index contributed by atoms with van der Waals surface area (Å²) in [5, 5.41) is 29.6. The number of hydrogen-bond acceptors (Lipinski definition) is 6. The third-order valence-corrected chi connectivity index (χ3v) is 4.17. The van der Waals surface area contributed by atoms with Crippen LogP contribution in [0.3, 0.4) is 0 Å². The van der Waals surface area contributed by atoms with Crippen LogP contribution in [0, 0.1) is 0 Å². The number of carbonyl (C=O) groups is 2. The second kappa shape index (κ2) is 8.22. The van der Waals surface area contributed by atoms with Crippen molar-refractivity contribution in [1.82, 2.24) is 9.97 Å². The van der Waals surface area contributed by atoms with Gasteiger partial charge in [-0.3, -0.25) is 9.97 Å². The number of fused-ring (bicyclic) bond motifs is 2. The summed E-state index contributed by atoms with van der Waals surface area (Å²) in [7, 11) is 1.57. The Kier molecular flexibility index (Phi) is 5.54. The number of aromatic carboxylic acids is 2. The van der Waals surface area contributed by atoms with Crippen molar-refractivity contribution in [2.45, 2.75) is 0 Å². The number of hydrogen-bond donors (Lipinski definition) is 3. The van der Waals surface area contributed by atoms with Crippen molar-refractivity contribution >= 4 is 33.5 Å². The number of benzene rings is 2. The van der Waals surface area contributed by atoms with Gasteiger partial charge in [0.1, 0.15) is 11.5 Å². The zero-order chi connectivity index (χ0) is 21.0. The summed E-state index contributed by atoms with van der Waals surface area (Å²) in [6, 6.07) is 9.71. The molecule has 3 N–H and O–H groups in total. The van der Waals surface area contributed by atoms with Crippen molar-refractivity contribution in [3.8, 4) is 11.5 Å². The Balaban J connectivity index is 0.000000166. The molecule has 0 saturated heterocycles. The lowest BCUT2D eigenvalue weighted by molar-refractivity contribution is 0.0687. The van der Waals surface area contributed by atoms with Gasteiger partial charge in [0, 0.05) is 35.6 Å². The molecule has 0 unspecified atom stereocenters. The monoisotopic (exact) mass is 392 g/mol. The minimum absolute atomic E-state index is 0.0989. The minimum Gasteiger partial charge on any atom is -0.508 e. The molecule has 0 aliphatic heterocycles. The van der Waals surface area contributed by atoms with Gasteiger partial charge in [0.15, 0.2) is 0 Å². The van der Waals surface area contributed by atoms with E-state index in [0.717, 1.165) is 5.39 Å². The van der Waals surface area contributed by atoms with Crippen LogP contribution in [0.15, 0.2) is 61.2 Å². The number of phenols is 1. The Hall–Kier alpha value is -4.20. The molecule has 0 radical (unpaired) electrons. The average Bonchev–Trinajstić information content (AvgIpc) is 2.72. The van der Waals surface area contributed by atoms with E-state index in [9.17, 15) is 14.7 Å². The topological polar surface area (TPSA) is 130 Å². The first-order chi connectivity index (χ1) is 13.9. The third-order valence-electron chi connectivity index (χ3n) is 4.17. The van der Waals surface area contributed by atoms with E-state index in [1.54, 1.807) is 37.6 Å². The first-order valence-corrected chi connectivity index (χ1v) is 8.36. The fourth-order valence-corrected chi connectivity index (χ4v) is 2.79. The predicted octanol–water partition coefficient (Wildman–Crippen LogP) is 3.58. The Morgan fingerprint density at radius 1 is 0.793 bits per heavy atom. The molecule has 2 aromatic heterocycles. The SMILES string of the molecule is COc1ccc2c(C(=O)O)cncc2c1.O=C(O)c1cncc2cc(O)ccc12. The molecule has 29 heavy (non-hydrogen) atoms. The number of carboxylic acid groups (broad SMARTS) is 2. The zero-order valence-corrected chi connectivity index (χ0v) is 15.2. The number of rotatable bonds is 3. The van der Waals surface area contributed by atoms with Crippen molar-refractivity contribution in [1.29, 1.82) is 0 Å². The lowest BCUT2D eigenvalue weighted by Gasteiger charge is -2.04. The fourth-order valence-electron chi connectivity index (χ4n) is 2.79. The quantitative estimate of drug-likeness (QED) is 0.482. The number of methoxy groups -OCH3 is 1. The maximum absolute atomic E-state index is 10.9. The standard InChI is InChI=1S/C11H9NO3.C10H7NO3/c1-15-8-2-3-9-7(4-8)5-12-6-10(9)11(13)14;12-7-1-2-8-6(3-7)4-11-5-9(8)10(13)14/h2-6H,1H3,(H,13,14);1-5,12H,(H,13,14). The van der Waals surface area contributed by atoms with Gasteiger partial charge < -0.3 is 20.1 Å². The second-order valence-corrected chi connectivity index (χ2v) is 5.98. The van der Waals surface area contributed by atoms with Crippen molar-refractivity contribution in [3.63, 3.8) is 0 Å². The van der Waals surface area contributed by atoms with Crippen LogP contribution in [0.5, 0.6) is 11.5 Å². The molecule has 0 aliphatic rings. The summed E-state index contributed by atoms with van der Waals surface area (Å²) in [5.74, 6) is -1.21. The summed E-state index contributed by atoms with van der Waals surface area (Å²) in [5.41, 5.74) is 0.345. The van der Waals surface area contributed by atoms with Crippen LogP contribution in [0.2, 0.25) is 0 Å². The molecule has 0 amide bonds. The highest BCUT2D eigenvalue weighted by molar-refractivity contribution is 6.04. The molecule has 0 atom stereocenters. The van der Waals surface area contributed by atoms with Crippen molar-refractivity contribution in [3.05, 3.63) is 72.3 Å². The lowest BCUT2D eigenvalue weighted by Crippen LogP contribution is -1.98. The highest BCUT2D eigenvalue weighted by Gasteiger charge is 2.09. The van der Waals surface area contributed by atoms with E-state index < -0.39 is 11.9 Å². The summed E-state index contributed by atoms with van der Waals surface area (Å²) in [6.45, 7) is 0. The van der Waals surface area contributed by atoms with Crippen molar-refractivity contribution in [2.75, 3.05) is 7.11 Å². The second-order valence-electron chi connectivity index (χ2n) is 5.98. The molecule has 2 heterocycles. The van der Waals surface area contributed by atoms with E-state index in [2.05, 4.69) is 9.97 Å². The Labute approximate surface area is 164 Å². The molecule has 0 aliphatic carbocycles. The first-order valence-electron chi connectivity index (χ1n) is 8.36. The number of aromatic hydroxyl groups is 1. The number of ether oxygens (including phenoxy) is 1. The molecule has 0 spiro atoms. The molecule has 8 nitrogen and oxygen atoms in total. The highest BCUT2D eigenvalue weighted by atomic mass is 16.5. The first kappa shape index (κ1) is 19.6. The maximum atomic E-state index is 10.9. The van der Waals surface area contributed by atoms with E-state index in [1.807, 2.05) is 0 Å². The van der Waals surface area contributed by atoms with Gasteiger partial charge >= 0.3 is 11.9 Å². The Morgan fingerprint density at radius 2 is 1.31 bits per heavy atom. The fraction of sp³-hybridized carbons (Fsp3) is 0.0476. The molecule has 0 bridgehead atoms. The maximum Gasteiger partial charge on any atom is 0.337 e. The van der Waals surface area contributed by atoms with Crippen LogP contribution in [-0.2, 0) is 0 Å². The van der Waals surface area contributed by atoms with Gasteiger partial charge in [0.2, 0.25) is 0 Å². The molecule has 8 heteroatoms. The predicted molar refractivity (Wildman–Crippen MR) is 106 cm³/mol. The van der Waals surface area contributed by atoms with Crippen LogP contribution in [0.4, 0.5) is 0 Å². The Bertz CT molecular complexity index is 1220. The van der Waals surface area contributed by atoms with Crippen molar-refractivity contribution < 1.29 is 29.6 Å². The largest absolute Gasteiger partial charge is 0.508 e. The smallest absolute Gasteiger partial charge is 0.337 e. The summed E-state index contributed by atoms with van der Waals surface area (Å²) in [6.07, 6.45) is 5.77. The van der Waals surface area contributed by atoms with Crippen LogP contribution in [0.25, 0.3) is 21.5 Å². The summed E-state index contributed by atoms with van der Waals surface area (Å²) >= 11 is 0. The average molecular weight is 392 g/mol. The van der Waals surface area contributed by atoms with Gasteiger partial charge in [-0.2, -0.15) is 0 Å². The molecular weight excluding hydrogens is 376 g/mol. The van der Waals surface area contributed by atoms with E-state index in [-0.39, 0.29) is 16.9 Å². The molecule has 4 rings (SSSR count). The molecule has 2 aromatic carbocycles. The summed E-state index contributed by atoms with van der Waals surface area (Å²) < 4.78 is 5.05. The van der Waals surface area contributed by atoms with Crippen LogP contribution >= 0.6 is 0 Å². The van der Waals surface area contributed by atoms with E-state index in [1.165, 1.54) is 30.7 Å². The van der Waals surface area contributed by atoms with Gasteiger partial charge in [-0.25, -0.2) is 9.59 Å². The van der Waals surface area contributed by atoms with Gasteiger partial charge in [-0.15, -0.1) is 0 Å². The molecule has 0 fully saturated rings. The van der Waals surface area contributed by atoms with Gasteiger partial charge in [-0.05, 0) is 47.2 Å². The number of phenolic OH excluding ortho intramolecular Hbond substituents is 1. The van der Waals surface area contributed by atoms with Crippen molar-refractivity contribution in [2.24, 2.45) is 0 Å². The normalized spacial score (nSPS) is 10.2. The summed E-state index contributed by atoms with van der Waals surface area (Å²) in [4.78, 5) is 29.4. The number of nitrogens with zero attached hydrogens (tertiary/aromatic N) is 2. The number of pyridine rings is 2. The van der Waals surface area contributed by atoms with Gasteiger partial charge in [-0.1, -0.05) is 0 Å². The number of aromatic nitrogens is 2. The van der Waals surface area contributed by atoms with Crippen LogP contribution in [0.1, 0.15) is 20.7 Å². The van der Waals surface area contributed by atoms with Gasteiger partial charge in [0.05, 0.1) is 18.2 Å². The molecule has 146 valence electrons.